The Bertz CT molecular complexity index is 1060. The number of nitrogens with two attached hydrogens (primary N) is 1. The predicted molar refractivity (Wildman–Crippen MR) is 106 cm³/mol. The minimum absolute atomic E-state index is 0.142. The predicted octanol–water partition coefficient (Wildman–Crippen LogP) is 1.14. The van der Waals surface area contributed by atoms with Crippen molar-refractivity contribution in [2.45, 2.75) is 43.7 Å². The molecule has 2 fully saturated rings. The summed E-state index contributed by atoms with van der Waals surface area (Å²) in [4.78, 5) is 13.6. The van der Waals surface area contributed by atoms with Gasteiger partial charge in [-0.2, -0.15) is 0 Å². The van der Waals surface area contributed by atoms with Crippen LogP contribution in [0.4, 0.5) is 5.82 Å². The summed E-state index contributed by atoms with van der Waals surface area (Å²) in [5.41, 5.74) is 4.71. The SMILES string of the molecule is Cc1nc(CN)nc(NC2(O)CCC3C(O)C32O)c1-c1nc2ccccc2s1. The van der Waals surface area contributed by atoms with Crippen LogP contribution >= 0.6 is 11.3 Å². The molecule has 146 valence electrons. The molecule has 0 aliphatic heterocycles. The minimum atomic E-state index is -1.67. The van der Waals surface area contributed by atoms with E-state index in [9.17, 15) is 15.3 Å². The fourth-order valence-electron chi connectivity index (χ4n) is 4.33. The number of para-hydroxylation sites is 1. The first-order valence-corrected chi connectivity index (χ1v) is 10.0. The Labute approximate surface area is 165 Å². The molecule has 28 heavy (non-hydrogen) atoms. The van der Waals surface area contributed by atoms with Crippen molar-refractivity contribution in [2.75, 3.05) is 5.32 Å². The van der Waals surface area contributed by atoms with Crippen LogP contribution in [0.2, 0.25) is 0 Å². The van der Waals surface area contributed by atoms with E-state index in [0.29, 0.717) is 40.7 Å². The van der Waals surface area contributed by atoms with Crippen molar-refractivity contribution in [3.05, 3.63) is 35.8 Å². The Morgan fingerprint density at radius 1 is 1.25 bits per heavy atom. The van der Waals surface area contributed by atoms with Gasteiger partial charge in [-0.05, 0) is 31.9 Å². The van der Waals surface area contributed by atoms with E-state index in [1.807, 2.05) is 31.2 Å². The number of rotatable bonds is 4. The van der Waals surface area contributed by atoms with Crippen molar-refractivity contribution in [3.63, 3.8) is 0 Å². The monoisotopic (exact) mass is 399 g/mol. The molecule has 2 aliphatic rings. The second-order valence-corrected chi connectivity index (χ2v) is 8.57. The molecule has 0 bridgehead atoms. The number of aliphatic hydroxyl groups excluding tert-OH is 1. The lowest BCUT2D eigenvalue weighted by molar-refractivity contribution is -0.0852. The van der Waals surface area contributed by atoms with Crippen LogP contribution < -0.4 is 11.1 Å². The van der Waals surface area contributed by atoms with Crippen LogP contribution in [0.25, 0.3) is 20.8 Å². The summed E-state index contributed by atoms with van der Waals surface area (Å²) in [6.07, 6.45) is -0.0988. The first-order chi connectivity index (χ1) is 13.4. The minimum Gasteiger partial charge on any atom is -0.390 e. The zero-order chi connectivity index (χ0) is 19.7. The van der Waals surface area contributed by atoms with E-state index in [-0.39, 0.29) is 12.5 Å². The van der Waals surface area contributed by atoms with Crippen LogP contribution in [0, 0.1) is 12.8 Å². The molecule has 5 rings (SSSR count). The Balaban J connectivity index is 1.63. The fourth-order valence-corrected chi connectivity index (χ4v) is 5.39. The van der Waals surface area contributed by atoms with Crippen LogP contribution in [0.15, 0.2) is 24.3 Å². The molecule has 0 radical (unpaired) electrons. The highest BCUT2D eigenvalue weighted by Crippen LogP contribution is 2.61. The number of thiazole rings is 1. The summed E-state index contributed by atoms with van der Waals surface area (Å²) in [6.45, 7) is 1.99. The zero-order valence-corrected chi connectivity index (χ0v) is 16.1. The lowest BCUT2D eigenvalue weighted by Gasteiger charge is -2.32. The fraction of sp³-hybridized carbons (Fsp3) is 0.421. The molecule has 2 saturated carbocycles. The van der Waals surface area contributed by atoms with E-state index in [0.717, 1.165) is 10.2 Å². The zero-order valence-electron chi connectivity index (χ0n) is 15.3. The summed E-state index contributed by atoms with van der Waals surface area (Å²) in [7, 11) is 0. The van der Waals surface area contributed by atoms with Gasteiger partial charge in [-0.15, -0.1) is 11.3 Å². The molecular formula is C19H21N5O3S. The number of hydrogen-bond acceptors (Lipinski definition) is 9. The third-order valence-corrected chi connectivity index (χ3v) is 6.97. The molecule has 4 atom stereocenters. The third kappa shape index (κ3) is 2.34. The largest absolute Gasteiger partial charge is 0.390 e. The molecular weight excluding hydrogens is 378 g/mol. The second-order valence-electron chi connectivity index (χ2n) is 7.54. The number of nitrogens with zero attached hydrogens (tertiary/aromatic N) is 3. The second kappa shape index (κ2) is 5.91. The first-order valence-electron chi connectivity index (χ1n) is 9.22. The van der Waals surface area contributed by atoms with E-state index in [2.05, 4.69) is 15.3 Å². The van der Waals surface area contributed by atoms with Gasteiger partial charge < -0.3 is 26.4 Å². The van der Waals surface area contributed by atoms with Crippen molar-refractivity contribution < 1.29 is 15.3 Å². The average molecular weight is 399 g/mol. The topological polar surface area (TPSA) is 137 Å². The maximum atomic E-state index is 11.1. The third-order valence-electron chi connectivity index (χ3n) is 5.92. The van der Waals surface area contributed by atoms with Crippen LogP contribution in [0.5, 0.6) is 0 Å². The summed E-state index contributed by atoms with van der Waals surface area (Å²) in [5.74, 6) is 0.460. The number of aromatic nitrogens is 3. The number of anilines is 1. The van der Waals surface area contributed by atoms with Gasteiger partial charge in [0.25, 0.3) is 0 Å². The van der Waals surface area contributed by atoms with Crippen molar-refractivity contribution in [1.82, 2.24) is 15.0 Å². The number of nitrogens with one attached hydrogen (secondary N) is 1. The first kappa shape index (κ1) is 17.9. The van der Waals surface area contributed by atoms with Gasteiger partial charge in [-0.1, -0.05) is 12.1 Å². The lowest BCUT2D eigenvalue weighted by Crippen LogP contribution is -2.51. The molecule has 4 unspecified atom stereocenters. The molecule has 2 aliphatic carbocycles. The number of aryl methyl sites for hydroxylation is 1. The Morgan fingerprint density at radius 3 is 2.71 bits per heavy atom. The van der Waals surface area contributed by atoms with E-state index in [4.69, 9.17) is 10.7 Å². The molecule has 1 aromatic carbocycles. The summed E-state index contributed by atoms with van der Waals surface area (Å²) in [5, 5.41) is 35.6. The number of aliphatic hydroxyl groups is 3. The van der Waals surface area contributed by atoms with Crippen molar-refractivity contribution in [1.29, 1.82) is 0 Å². The van der Waals surface area contributed by atoms with Crippen molar-refractivity contribution in [3.8, 4) is 10.6 Å². The quantitative estimate of drug-likeness (QED) is 0.412. The number of hydrogen-bond donors (Lipinski definition) is 5. The number of benzene rings is 1. The Hall–Kier alpha value is -2.17. The van der Waals surface area contributed by atoms with E-state index < -0.39 is 17.4 Å². The van der Waals surface area contributed by atoms with Gasteiger partial charge in [0.2, 0.25) is 0 Å². The molecule has 8 nitrogen and oxygen atoms in total. The molecule has 0 spiro atoms. The smallest absolute Gasteiger partial charge is 0.168 e. The summed E-state index contributed by atoms with van der Waals surface area (Å²) < 4.78 is 1.03. The molecule has 3 aromatic rings. The summed E-state index contributed by atoms with van der Waals surface area (Å²) >= 11 is 1.50. The molecule has 0 saturated heterocycles. The average Bonchev–Trinajstić information content (AvgIpc) is 2.97. The summed E-state index contributed by atoms with van der Waals surface area (Å²) in [6, 6.07) is 7.81. The van der Waals surface area contributed by atoms with Crippen LogP contribution in [0.3, 0.4) is 0 Å². The van der Waals surface area contributed by atoms with Crippen molar-refractivity contribution >= 4 is 27.4 Å². The molecule has 9 heteroatoms. The van der Waals surface area contributed by atoms with Gasteiger partial charge in [0.1, 0.15) is 22.3 Å². The van der Waals surface area contributed by atoms with E-state index in [1.54, 1.807) is 0 Å². The number of fused-ring (bicyclic) bond motifs is 2. The standard InChI is InChI=1S/C19H21N5O3S/c1-9-14(17-22-11-4-2-3-5-12(11)28-17)16(23-13(8-20)21-9)24-18(26)7-6-10-15(25)19(10,18)27/h2-5,10,15,25-27H,6-8,20H2,1H3,(H,21,23,24). The van der Waals surface area contributed by atoms with Gasteiger partial charge in [0.05, 0.1) is 34.1 Å². The van der Waals surface area contributed by atoms with Crippen molar-refractivity contribution in [2.24, 2.45) is 11.7 Å². The van der Waals surface area contributed by atoms with Crippen LogP contribution in [-0.4, -0.2) is 47.7 Å². The van der Waals surface area contributed by atoms with Gasteiger partial charge in [-0.3, -0.25) is 0 Å². The maximum Gasteiger partial charge on any atom is 0.168 e. The van der Waals surface area contributed by atoms with Crippen LogP contribution in [-0.2, 0) is 6.54 Å². The highest BCUT2D eigenvalue weighted by molar-refractivity contribution is 7.21. The molecule has 2 heterocycles. The lowest BCUT2D eigenvalue weighted by atomic mass is 10.0. The molecule has 0 amide bonds. The van der Waals surface area contributed by atoms with Gasteiger partial charge in [-0.25, -0.2) is 15.0 Å². The normalized spacial score (nSPS) is 31.2. The maximum absolute atomic E-state index is 11.1. The van der Waals surface area contributed by atoms with E-state index in [1.165, 1.54) is 11.3 Å². The highest BCUT2D eigenvalue weighted by atomic mass is 32.1. The Kier molecular flexibility index (Phi) is 3.78. The van der Waals surface area contributed by atoms with E-state index >= 15 is 0 Å². The van der Waals surface area contributed by atoms with Gasteiger partial charge >= 0.3 is 0 Å². The van der Waals surface area contributed by atoms with Crippen LogP contribution in [0.1, 0.15) is 24.4 Å². The molecule has 6 N–H and O–H groups in total. The van der Waals surface area contributed by atoms with Gasteiger partial charge in [0.15, 0.2) is 5.72 Å². The Morgan fingerprint density at radius 2 is 2.04 bits per heavy atom. The highest BCUT2D eigenvalue weighted by Gasteiger charge is 2.78. The molecule has 2 aromatic heterocycles. The van der Waals surface area contributed by atoms with Gasteiger partial charge in [0, 0.05) is 5.92 Å².